The maximum Gasteiger partial charge on any atom is 0.303 e. The Bertz CT molecular complexity index is 2150. The summed E-state index contributed by atoms with van der Waals surface area (Å²) >= 11 is 0. The van der Waals surface area contributed by atoms with Crippen molar-refractivity contribution in [1.29, 1.82) is 0 Å². The van der Waals surface area contributed by atoms with Crippen molar-refractivity contribution in [3.05, 3.63) is 28.3 Å². The first-order valence-electron chi connectivity index (χ1n) is 20.7. The van der Waals surface area contributed by atoms with Crippen LogP contribution in [0.4, 0.5) is 0 Å². The highest BCUT2D eigenvalue weighted by atomic mass is 16.9. The Balaban J connectivity index is 1.18. The van der Waals surface area contributed by atoms with E-state index in [9.17, 15) is 40.2 Å². The van der Waals surface area contributed by atoms with E-state index in [0.29, 0.717) is 11.1 Å². The number of aliphatic hydroxyl groups excluding tert-OH is 3. The first-order chi connectivity index (χ1) is 29.2. The van der Waals surface area contributed by atoms with Gasteiger partial charge in [0.15, 0.2) is 30.6 Å². The molecule has 1 spiro atoms. The van der Waals surface area contributed by atoms with Gasteiger partial charge in [-0.05, 0) is 46.2 Å². The van der Waals surface area contributed by atoms with Crippen LogP contribution in [0, 0.1) is 6.92 Å². The van der Waals surface area contributed by atoms with E-state index in [1.165, 1.54) is 49.0 Å². The van der Waals surface area contributed by atoms with Crippen molar-refractivity contribution in [3.8, 4) is 17.2 Å². The Hall–Kier alpha value is -3.32. The molecule has 6 N–H and O–H groups in total. The lowest BCUT2D eigenvalue weighted by molar-refractivity contribution is -0.390. The summed E-state index contributed by atoms with van der Waals surface area (Å²) in [6.45, 7) is 8.85. The van der Waals surface area contributed by atoms with Gasteiger partial charge in [0.2, 0.25) is 11.9 Å². The number of phenolic OH excluding ortho intramolecular Hbond substituents is 1. The molecule has 342 valence electrons. The number of carbonyl (C=O) groups excluding carboxylic acids is 2. The van der Waals surface area contributed by atoms with Crippen molar-refractivity contribution >= 4 is 22.5 Å². The highest BCUT2D eigenvalue weighted by Gasteiger charge is 2.94. The van der Waals surface area contributed by atoms with Gasteiger partial charge in [0.05, 0.1) is 55.2 Å². The van der Waals surface area contributed by atoms with E-state index in [2.05, 4.69) is 0 Å². The summed E-state index contributed by atoms with van der Waals surface area (Å²) in [4.78, 5) is 25.9. The summed E-state index contributed by atoms with van der Waals surface area (Å²) in [5.74, 6) is -5.73. The molecule has 7 aliphatic rings. The SMILES string of the molecule is COc1c2c(c(O)c3c4c(c(C)cc13)C1OC3(C(OC)OC)OC1[C@@](OC1CC(O)C(O)([C@H](C)O)C(C)O1)(O4)[C@@]31CO1)C(=O)[C@@H](O)C[C@@H]2OC1CC(C)(O)C(OC(C)=O)C(C)O1. The van der Waals surface area contributed by atoms with Crippen molar-refractivity contribution in [2.24, 2.45) is 0 Å². The van der Waals surface area contributed by atoms with Crippen LogP contribution >= 0.6 is 0 Å². The Morgan fingerprint density at radius 2 is 1.71 bits per heavy atom. The molecule has 0 radical (unpaired) electrons. The molecule has 0 amide bonds. The average Bonchev–Trinajstić information content (AvgIpc) is 3.86. The van der Waals surface area contributed by atoms with Crippen LogP contribution in [0.2, 0.25) is 0 Å². The zero-order valence-corrected chi connectivity index (χ0v) is 35.7. The molecule has 2 bridgehead atoms. The highest BCUT2D eigenvalue weighted by Crippen LogP contribution is 2.72. The zero-order chi connectivity index (χ0) is 44.8. The van der Waals surface area contributed by atoms with Gasteiger partial charge in [0, 0.05) is 56.9 Å². The molecule has 9 rings (SSSR count). The number of carbonyl (C=O) groups is 2. The third-order valence-electron chi connectivity index (χ3n) is 13.9. The van der Waals surface area contributed by atoms with Crippen LogP contribution in [0.1, 0.15) is 93.1 Å². The fourth-order valence-corrected chi connectivity index (χ4v) is 10.9. The number of ketones is 1. The summed E-state index contributed by atoms with van der Waals surface area (Å²) in [7, 11) is 4.17. The number of hydrogen-bond donors (Lipinski definition) is 6. The second-order valence-electron chi connectivity index (χ2n) is 17.7. The molecule has 16 atom stereocenters. The molecule has 20 nitrogen and oxygen atoms in total. The zero-order valence-electron chi connectivity index (χ0n) is 35.7. The van der Waals surface area contributed by atoms with E-state index in [1.807, 2.05) is 0 Å². The topological polar surface area (TPSA) is 270 Å². The van der Waals surface area contributed by atoms with Gasteiger partial charge >= 0.3 is 5.97 Å². The van der Waals surface area contributed by atoms with E-state index in [1.54, 1.807) is 19.9 Å². The van der Waals surface area contributed by atoms with Crippen LogP contribution in [0.5, 0.6) is 17.2 Å². The predicted octanol–water partition coefficient (Wildman–Crippen LogP) is 0.952. The van der Waals surface area contributed by atoms with Gasteiger partial charge < -0.3 is 87.5 Å². The van der Waals surface area contributed by atoms with Gasteiger partial charge in [-0.25, -0.2) is 0 Å². The van der Waals surface area contributed by atoms with Gasteiger partial charge in [-0.3, -0.25) is 9.59 Å². The lowest BCUT2D eigenvalue weighted by Gasteiger charge is -2.52. The number of phenols is 1. The smallest absolute Gasteiger partial charge is 0.303 e. The number of rotatable bonds is 10. The number of ether oxygens (including phenoxy) is 12. The molecule has 62 heavy (non-hydrogen) atoms. The number of hydrogen-bond acceptors (Lipinski definition) is 20. The summed E-state index contributed by atoms with van der Waals surface area (Å²) in [6, 6.07) is 1.72. The maximum atomic E-state index is 14.1. The molecule has 20 heteroatoms. The lowest BCUT2D eigenvalue weighted by Crippen LogP contribution is -2.72. The van der Waals surface area contributed by atoms with Crippen LogP contribution in [0.3, 0.4) is 0 Å². The molecule has 2 aromatic carbocycles. The monoisotopic (exact) mass is 878 g/mol. The number of methoxy groups -OCH3 is 3. The van der Waals surface area contributed by atoms with Crippen molar-refractivity contribution in [2.75, 3.05) is 27.9 Å². The normalized spacial score (nSPS) is 43.4. The molecular formula is C42H54O20. The minimum absolute atomic E-state index is 0.00701. The van der Waals surface area contributed by atoms with E-state index < -0.39 is 120 Å². The van der Waals surface area contributed by atoms with Crippen LogP contribution < -0.4 is 9.47 Å². The number of esters is 1. The van der Waals surface area contributed by atoms with E-state index in [0.717, 1.165) is 0 Å². The van der Waals surface area contributed by atoms with Crippen LogP contribution in [-0.4, -0.2) is 160 Å². The Morgan fingerprint density at radius 1 is 1.02 bits per heavy atom. The van der Waals surface area contributed by atoms with Crippen molar-refractivity contribution in [1.82, 2.24) is 0 Å². The maximum absolute atomic E-state index is 14.1. The van der Waals surface area contributed by atoms with Crippen molar-refractivity contribution in [3.63, 3.8) is 0 Å². The van der Waals surface area contributed by atoms with E-state index in [-0.39, 0.29) is 59.3 Å². The minimum atomic E-state index is -2.04. The van der Waals surface area contributed by atoms with E-state index >= 15 is 0 Å². The molecule has 2 aromatic rings. The van der Waals surface area contributed by atoms with Gasteiger partial charge in [-0.15, -0.1) is 0 Å². The standard InChI is InChI=1S/C42H54O20/c1-15-10-20-27(31(48)29-28(32(20)51-7)22(11-21(45)30(29)47)58-25-13-38(6,49)35(16(2)55-25)57-19(5)44)33-26(15)34-36-41(60-33,39(14-54-39)42(61-34,62-36)37(52-8)53-9)59-24-12-23(46)40(50,17(3)43)18(4)56-24/h10,16-18,21-25,34-37,43,45-46,48-50H,11-14H2,1-9H3/t16?,17-,18?,21-,22-,23?,24?,25?,34?,35?,36?,38?,39-,40?,41+,42?/m0/s1. The number of benzene rings is 2. The second kappa shape index (κ2) is 14.6. The number of Topliss-reactive ketones (excluding diaryl/α,β-unsaturated/α-hetero) is 1. The quantitative estimate of drug-likeness (QED) is 0.110. The molecule has 11 unspecified atom stereocenters. The first kappa shape index (κ1) is 43.9. The summed E-state index contributed by atoms with van der Waals surface area (Å²) < 4.78 is 75.1. The molecular weight excluding hydrogens is 824 g/mol. The molecule has 6 heterocycles. The fraction of sp³-hybridized carbons (Fsp3) is 0.714. The van der Waals surface area contributed by atoms with Gasteiger partial charge in [0.25, 0.3) is 11.6 Å². The molecule has 6 aliphatic heterocycles. The Kier molecular flexibility index (Phi) is 10.3. The summed E-state index contributed by atoms with van der Waals surface area (Å²) in [5, 5.41) is 68.3. The van der Waals surface area contributed by atoms with Crippen LogP contribution in [0.15, 0.2) is 6.07 Å². The van der Waals surface area contributed by atoms with E-state index in [4.69, 9.17) is 56.8 Å². The number of epoxide rings is 1. The first-order valence-corrected chi connectivity index (χ1v) is 20.7. The molecule has 5 saturated heterocycles. The third-order valence-corrected chi connectivity index (χ3v) is 13.9. The van der Waals surface area contributed by atoms with Gasteiger partial charge in [-0.1, -0.05) is 0 Å². The Morgan fingerprint density at radius 3 is 2.29 bits per heavy atom. The van der Waals surface area contributed by atoms with Gasteiger partial charge in [-0.2, -0.15) is 0 Å². The van der Waals surface area contributed by atoms with Crippen molar-refractivity contribution < 1.29 is 97.1 Å². The Labute approximate surface area is 355 Å². The lowest BCUT2D eigenvalue weighted by atomic mass is 9.77. The second-order valence-corrected chi connectivity index (χ2v) is 17.7. The molecule has 5 fully saturated rings. The predicted molar refractivity (Wildman–Crippen MR) is 205 cm³/mol. The third kappa shape index (κ3) is 5.76. The summed E-state index contributed by atoms with van der Waals surface area (Å²) in [6.07, 6.45) is -15.2. The van der Waals surface area contributed by atoms with Crippen molar-refractivity contribution in [2.45, 2.75) is 163 Å². The number of aryl methyl sites for hydroxylation is 1. The van der Waals surface area contributed by atoms with Gasteiger partial charge in [0.1, 0.15) is 40.7 Å². The number of fused-ring (bicyclic) bond motifs is 8. The summed E-state index contributed by atoms with van der Waals surface area (Å²) in [5.41, 5.74) is -4.49. The highest BCUT2D eigenvalue weighted by molar-refractivity contribution is 6.13. The van der Waals surface area contributed by atoms with Crippen LogP contribution in [0.25, 0.3) is 10.8 Å². The van der Waals surface area contributed by atoms with Crippen LogP contribution in [-0.2, 0) is 52.2 Å². The minimum Gasteiger partial charge on any atom is -0.506 e. The molecule has 1 aliphatic carbocycles. The molecule has 0 saturated carbocycles. The largest absolute Gasteiger partial charge is 0.506 e. The molecule has 0 aromatic heterocycles. The fourth-order valence-electron chi connectivity index (χ4n) is 10.9. The number of aliphatic hydroxyl groups is 5. The average molecular weight is 879 g/mol. The number of aromatic hydroxyl groups is 1.